The van der Waals surface area contributed by atoms with Gasteiger partial charge in [-0.15, -0.1) is 0 Å². The average molecular weight is 454 g/mol. The number of aromatic amines is 1. The van der Waals surface area contributed by atoms with Crippen LogP contribution in [0.2, 0.25) is 0 Å². The van der Waals surface area contributed by atoms with Crippen LogP contribution in [0.5, 0.6) is 0 Å². The lowest BCUT2D eigenvalue weighted by atomic mass is 10.1. The summed E-state index contributed by atoms with van der Waals surface area (Å²) in [7, 11) is 3.63. The van der Waals surface area contributed by atoms with Crippen molar-refractivity contribution < 1.29 is 0 Å². The molecular weight excluding hydrogens is 414 g/mol. The van der Waals surface area contributed by atoms with Crippen molar-refractivity contribution in [2.24, 2.45) is 7.05 Å². The van der Waals surface area contributed by atoms with E-state index in [1.54, 1.807) is 7.05 Å². The van der Waals surface area contributed by atoms with Crippen molar-refractivity contribution in [2.75, 3.05) is 11.9 Å². The van der Waals surface area contributed by atoms with Gasteiger partial charge in [0.15, 0.2) is 11.2 Å². The molecule has 7 heteroatoms. The first-order valence-corrected chi connectivity index (χ1v) is 12.5. The fraction of sp³-hybridized carbons (Fsp3) is 0.577. The smallest absolute Gasteiger partial charge is 0.329 e. The Labute approximate surface area is 196 Å². The molecule has 0 aliphatic heterocycles. The topological polar surface area (TPSA) is 75.9 Å². The second-order valence-electron chi connectivity index (χ2n) is 9.08. The van der Waals surface area contributed by atoms with Gasteiger partial charge in [-0.2, -0.15) is 4.98 Å². The Bertz CT molecular complexity index is 1110. The van der Waals surface area contributed by atoms with Crippen molar-refractivity contribution >= 4 is 17.1 Å². The Hall–Kier alpha value is -2.83. The van der Waals surface area contributed by atoms with E-state index in [1.807, 2.05) is 29.8 Å². The molecule has 0 bridgehead atoms. The number of imidazole rings is 1. The first-order chi connectivity index (χ1) is 16.0. The summed E-state index contributed by atoms with van der Waals surface area (Å²) in [6, 6.07) is 10.2. The Morgan fingerprint density at radius 3 is 2.15 bits per heavy atom. The normalized spacial score (nSPS) is 11.4. The number of nitrogens with zero attached hydrogens (tertiary/aromatic N) is 4. The third-order valence-electron chi connectivity index (χ3n) is 6.33. The van der Waals surface area contributed by atoms with E-state index in [1.165, 1.54) is 61.5 Å². The summed E-state index contributed by atoms with van der Waals surface area (Å²) < 4.78 is 3.41. The SMILES string of the molecule is CCCCCCCCCCCCn1c(N(C)Cc2ccccc2)nc2c1c(=O)[nH]c(=O)n2C. The van der Waals surface area contributed by atoms with E-state index in [0.29, 0.717) is 24.3 Å². The molecule has 0 fully saturated rings. The second kappa shape index (κ2) is 12.4. The number of rotatable bonds is 14. The van der Waals surface area contributed by atoms with Crippen molar-refractivity contribution in [1.29, 1.82) is 0 Å². The van der Waals surface area contributed by atoms with Gasteiger partial charge in [-0.25, -0.2) is 4.79 Å². The quantitative estimate of drug-likeness (QED) is 0.349. The summed E-state index contributed by atoms with van der Waals surface area (Å²) >= 11 is 0. The summed E-state index contributed by atoms with van der Waals surface area (Å²) in [4.78, 5) is 34.0. The maximum Gasteiger partial charge on any atom is 0.329 e. The maximum absolute atomic E-state index is 12.7. The van der Waals surface area contributed by atoms with Crippen molar-refractivity contribution in [3.63, 3.8) is 0 Å². The van der Waals surface area contributed by atoms with Crippen molar-refractivity contribution in [2.45, 2.75) is 84.2 Å². The number of hydrogen-bond acceptors (Lipinski definition) is 4. The van der Waals surface area contributed by atoms with Gasteiger partial charge in [-0.1, -0.05) is 95.0 Å². The predicted octanol–water partition coefficient (Wildman–Crippen LogP) is 4.98. The van der Waals surface area contributed by atoms with Crippen LogP contribution < -0.4 is 16.1 Å². The van der Waals surface area contributed by atoms with E-state index in [0.717, 1.165) is 18.8 Å². The van der Waals surface area contributed by atoms with Crippen LogP contribution in [0.1, 0.15) is 76.7 Å². The zero-order valence-electron chi connectivity index (χ0n) is 20.5. The van der Waals surface area contributed by atoms with Gasteiger partial charge in [-0.05, 0) is 12.0 Å². The monoisotopic (exact) mass is 453 g/mol. The molecule has 180 valence electrons. The van der Waals surface area contributed by atoms with Gasteiger partial charge < -0.3 is 9.47 Å². The van der Waals surface area contributed by atoms with Gasteiger partial charge in [0, 0.05) is 27.2 Å². The number of aryl methyl sites for hydroxylation is 2. The van der Waals surface area contributed by atoms with E-state index in [4.69, 9.17) is 4.98 Å². The number of H-pyrrole nitrogens is 1. The summed E-state index contributed by atoms with van der Waals surface area (Å²) in [6.07, 6.45) is 12.6. The first kappa shape index (κ1) is 24.8. The molecular formula is C26H39N5O2. The number of benzene rings is 1. The molecule has 0 aliphatic carbocycles. The van der Waals surface area contributed by atoms with Crippen LogP contribution in [0, 0.1) is 0 Å². The molecule has 2 heterocycles. The molecule has 3 rings (SSSR count). The number of nitrogens with one attached hydrogen (secondary N) is 1. The molecule has 7 nitrogen and oxygen atoms in total. The largest absolute Gasteiger partial charge is 0.341 e. The summed E-state index contributed by atoms with van der Waals surface area (Å²) in [5.41, 5.74) is 1.27. The molecule has 1 N–H and O–H groups in total. The molecule has 2 aromatic heterocycles. The maximum atomic E-state index is 12.7. The predicted molar refractivity (Wildman–Crippen MR) is 136 cm³/mol. The second-order valence-corrected chi connectivity index (χ2v) is 9.08. The third-order valence-corrected chi connectivity index (χ3v) is 6.33. The fourth-order valence-corrected chi connectivity index (χ4v) is 4.41. The van der Waals surface area contributed by atoms with E-state index in [-0.39, 0.29) is 5.56 Å². The zero-order chi connectivity index (χ0) is 23.6. The summed E-state index contributed by atoms with van der Waals surface area (Å²) in [5.74, 6) is 0.719. The lowest BCUT2D eigenvalue weighted by Gasteiger charge is -2.20. The molecule has 0 spiro atoms. The molecule has 33 heavy (non-hydrogen) atoms. The highest BCUT2D eigenvalue weighted by Crippen LogP contribution is 2.21. The standard InChI is InChI=1S/C26H39N5O2/c1-4-5-6-7-8-9-10-11-12-16-19-31-22-23(30(3)26(33)28-24(22)32)27-25(31)29(2)20-21-17-14-13-15-18-21/h13-15,17-18H,4-12,16,19-20H2,1-3H3,(H,28,32,33). The minimum Gasteiger partial charge on any atom is -0.341 e. The highest BCUT2D eigenvalue weighted by molar-refractivity contribution is 5.74. The molecule has 0 saturated carbocycles. The summed E-state index contributed by atoms with van der Waals surface area (Å²) in [5, 5.41) is 0. The van der Waals surface area contributed by atoms with Gasteiger partial charge in [0.25, 0.3) is 5.56 Å². The Balaban J connectivity index is 1.68. The van der Waals surface area contributed by atoms with Crippen molar-refractivity contribution in [3.8, 4) is 0 Å². The Morgan fingerprint density at radius 2 is 1.52 bits per heavy atom. The van der Waals surface area contributed by atoms with Gasteiger partial charge >= 0.3 is 5.69 Å². The van der Waals surface area contributed by atoms with Crippen LogP contribution in [0.15, 0.2) is 39.9 Å². The number of anilines is 1. The van der Waals surface area contributed by atoms with Gasteiger partial charge in [0.1, 0.15) is 0 Å². The zero-order valence-corrected chi connectivity index (χ0v) is 20.5. The van der Waals surface area contributed by atoms with Crippen LogP contribution in [0.3, 0.4) is 0 Å². The van der Waals surface area contributed by atoms with E-state index < -0.39 is 5.69 Å². The first-order valence-electron chi connectivity index (χ1n) is 12.5. The number of fused-ring (bicyclic) bond motifs is 1. The van der Waals surface area contributed by atoms with Crippen LogP contribution >= 0.6 is 0 Å². The van der Waals surface area contributed by atoms with E-state index in [9.17, 15) is 9.59 Å². The van der Waals surface area contributed by atoms with Crippen molar-refractivity contribution in [1.82, 2.24) is 19.1 Å². The molecule has 0 saturated heterocycles. The van der Waals surface area contributed by atoms with Crippen LogP contribution in [0.4, 0.5) is 5.95 Å². The number of aromatic nitrogens is 4. The van der Waals surface area contributed by atoms with E-state index in [2.05, 4.69) is 28.9 Å². The molecule has 0 amide bonds. The highest BCUT2D eigenvalue weighted by Gasteiger charge is 2.19. The summed E-state index contributed by atoms with van der Waals surface area (Å²) in [6.45, 7) is 3.64. The van der Waals surface area contributed by atoms with Crippen LogP contribution in [-0.2, 0) is 20.1 Å². The molecule has 0 aliphatic rings. The Kier molecular flexibility index (Phi) is 9.34. The molecule has 1 aromatic carbocycles. The fourth-order valence-electron chi connectivity index (χ4n) is 4.41. The molecule has 3 aromatic rings. The number of hydrogen-bond donors (Lipinski definition) is 1. The lowest BCUT2D eigenvalue weighted by molar-refractivity contribution is 0.536. The average Bonchev–Trinajstić information content (AvgIpc) is 3.20. The highest BCUT2D eigenvalue weighted by atomic mass is 16.2. The lowest BCUT2D eigenvalue weighted by Crippen LogP contribution is -2.29. The Morgan fingerprint density at radius 1 is 0.909 bits per heavy atom. The van der Waals surface area contributed by atoms with Crippen molar-refractivity contribution in [3.05, 3.63) is 56.7 Å². The van der Waals surface area contributed by atoms with Gasteiger partial charge in [-0.3, -0.25) is 14.3 Å². The van der Waals surface area contributed by atoms with Gasteiger partial charge in [0.05, 0.1) is 0 Å². The minimum atomic E-state index is -0.437. The number of unbranched alkanes of at least 4 members (excludes halogenated alkanes) is 9. The molecule has 0 unspecified atom stereocenters. The van der Waals surface area contributed by atoms with Crippen LogP contribution in [-0.4, -0.2) is 26.1 Å². The van der Waals surface area contributed by atoms with Gasteiger partial charge in [0.2, 0.25) is 5.95 Å². The van der Waals surface area contributed by atoms with E-state index >= 15 is 0 Å². The molecule has 0 atom stereocenters. The minimum absolute atomic E-state index is 0.368. The van der Waals surface area contributed by atoms with Crippen LogP contribution in [0.25, 0.3) is 11.2 Å². The third kappa shape index (κ3) is 6.59. The molecule has 0 radical (unpaired) electrons.